The lowest BCUT2D eigenvalue weighted by molar-refractivity contribution is -0.265. The SMILES string of the molecule is CCOCCOCCOCCOCCOCCOCCOCCNC(=O)O[C@@H]1CC[C@@H](C[C@@H](C)[C@@H]2CC[C@H](C)/C=C(\C)C(O)[C@@H](O)C(=O)C(C)C[C@H](C)/C=C/C=C/C=C(\C)[C@@H](OC)C[C@@H]3CC[C@@H](C)[C@@](O)(O3)C(=O)C(=O)N3CCCC[C@H]3C(=O)O2)C[C@H]1OC. The molecule has 4 aliphatic rings. The Balaban J connectivity index is 1.34. The number of Topliss-reactive ketones (excluding diaryl/α,β-unsaturated/α-hetero) is 2. The summed E-state index contributed by atoms with van der Waals surface area (Å²) in [5.41, 5.74) is 1.31. The Morgan fingerprint density at radius 2 is 1.30 bits per heavy atom. The minimum Gasteiger partial charge on any atom is -0.461 e. The molecular formula is C67H112N2O20. The number of hydrogen-bond donors (Lipinski definition) is 4. The zero-order valence-electron chi connectivity index (χ0n) is 55.3. The van der Waals surface area contributed by atoms with E-state index in [-0.39, 0.29) is 49.8 Å². The molecule has 2 saturated heterocycles. The number of amides is 2. The Morgan fingerprint density at radius 3 is 1.91 bits per heavy atom. The van der Waals surface area contributed by atoms with E-state index in [4.69, 9.17) is 56.8 Å². The van der Waals surface area contributed by atoms with Gasteiger partial charge in [0.1, 0.15) is 30.5 Å². The van der Waals surface area contributed by atoms with Gasteiger partial charge in [-0.1, -0.05) is 71.1 Å². The van der Waals surface area contributed by atoms with E-state index in [1.165, 1.54) is 4.90 Å². The fourth-order valence-electron chi connectivity index (χ4n) is 12.1. The number of ether oxygens (including phenoxy) is 12. The van der Waals surface area contributed by atoms with Crippen LogP contribution in [-0.4, -0.2) is 224 Å². The van der Waals surface area contributed by atoms with Crippen LogP contribution in [-0.2, 0) is 76.0 Å². The first-order valence-corrected chi connectivity index (χ1v) is 32.8. The summed E-state index contributed by atoms with van der Waals surface area (Å²) in [7, 11) is 3.17. The number of aliphatic hydroxyl groups is 3. The highest BCUT2D eigenvalue weighted by atomic mass is 16.6. The van der Waals surface area contributed by atoms with Crippen LogP contribution in [0.5, 0.6) is 0 Å². The molecule has 2 amide bonds. The number of nitrogens with zero attached hydrogens (tertiary/aromatic N) is 1. The van der Waals surface area contributed by atoms with Crippen molar-refractivity contribution in [2.24, 2.45) is 35.5 Å². The van der Waals surface area contributed by atoms with Gasteiger partial charge < -0.3 is 82.4 Å². The largest absolute Gasteiger partial charge is 0.461 e. The van der Waals surface area contributed by atoms with Crippen LogP contribution in [0.1, 0.15) is 139 Å². The molecule has 3 aliphatic heterocycles. The van der Waals surface area contributed by atoms with E-state index in [0.717, 1.165) is 5.57 Å². The van der Waals surface area contributed by atoms with Gasteiger partial charge >= 0.3 is 12.1 Å². The molecular weight excluding hydrogens is 1150 g/mol. The molecule has 2 unspecified atom stereocenters. The number of cyclic esters (lactones) is 1. The van der Waals surface area contributed by atoms with Crippen LogP contribution in [0, 0.1) is 35.5 Å². The summed E-state index contributed by atoms with van der Waals surface area (Å²) in [4.78, 5) is 71.2. The van der Waals surface area contributed by atoms with E-state index in [0.29, 0.717) is 169 Å². The summed E-state index contributed by atoms with van der Waals surface area (Å²) in [6, 6.07) is -1.09. The third kappa shape index (κ3) is 27.6. The number of methoxy groups -OCH3 is 2. The van der Waals surface area contributed by atoms with Crippen LogP contribution in [0.3, 0.4) is 0 Å². The molecule has 4 rings (SSSR count). The number of fused-ring (bicyclic) bond motifs is 3. The van der Waals surface area contributed by atoms with Gasteiger partial charge in [0.05, 0.1) is 104 Å². The van der Waals surface area contributed by atoms with E-state index in [1.54, 1.807) is 35.0 Å². The highest BCUT2D eigenvalue weighted by Gasteiger charge is 2.53. The molecule has 510 valence electrons. The average molecular weight is 1270 g/mol. The number of esters is 1. The minimum absolute atomic E-state index is 0.0160. The molecule has 22 heteroatoms. The zero-order valence-corrected chi connectivity index (χ0v) is 55.3. The normalized spacial score (nSPS) is 32.6. The first-order chi connectivity index (χ1) is 42.7. The van der Waals surface area contributed by atoms with Crippen molar-refractivity contribution < 1.29 is 96.1 Å². The lowest BCUT2D eigenvalue weighted by Crippen LogP contribution is -2.61. The van der Waals surface area contributed by atoms with Crippen molar-refractivity contribution in [3.05, 3.63) is 47.6 Å². The fourth-order valence-corrected chi connectivity index (χ4v) is 12.1. The van der Waals surface area contributed by atoms with Crippen LogP contribution in [0.2, 0.25) is 0 Å². The minimum atomic E-state index is -2.43. The standard InChI is InChI=1S/C67H112N2O20/c1-11-80-29-30-82-33-34-84-37-38-86-40-39-85-36-35-83-32-31-81-28-26-68-66(76)88-57-25-22-53(44-59(57)79-10)43-49(5)56-24-20-47(3)42-51(7)61(71)62(72)60(70)50(6)41-46(2)17-13-12-14-18-48(4)58(78-9)45-54-23-21-52(8)67(77,89-54)63(73)64(74)69-27-16-15-19-55(69)65(75)87-56/h12-14,17-18,42,46-47,49-50,52-59,61-62,71-72,77H,11,15-16,19-41,43-45H2,1-10H3,(H,68,76)/b14-12+,17-13+,48-18+,51-42+/t46-,47+,49-,50?,52-,53+,54+,55+,56+,57-,58+,59-,61?,62+,67-/m1/s1. The number of nitrogens with one attached hydrogen (secondary N) is 1. The van der Waals surface area contributed by atoms with Gasteiger partial charge in [0.2, 0.25) is 5.79 Å². The summed E-state index contributed by atoms with van der Waals surface area (Å²) in [6.07, 6.45) is 11.5. The Bertz CT molecular complexity index is 2190. The van der Waals surface area contributed by atoms with Crippen LogP contribution in [0.15, 0.2) is 47.6 Å². The van der Waals surface area contributed by atoms with Crippen molar-refractivity contribution >= 4 is 29.5 Å². The molecule has 0 aromatic rings. The van der Waals surface area contributed by atoms with Gasteiger partial charge in [-0.2, -0.15) is 0 Å². The maximum atomic E-state index is 14.6. The Labute approximate surface area is 530 Å². The molecule has 0 aromatic heterocycles. The molecule has 15 atom stereocenters. The van der Waals surface area contributed by atoms with Crippen molar-refractivity contribution in [1.29, 1.82) is 0 Å². The molecule has 3 fully saturated rings. The monoisotopic (exact) mass is 1260 g/mol. The number of allylic oxidation sites excluding steroid dienone is 6. The van der Waals surface area contributed by atoms with Gasteiger partial charge in [-0.25, -0.2) is 9.59 Å². The van der Waals surface area contributed by atoms with Gasteiger partial charge in [0.25, 0.3) is 11.7 Å². The van der Waals surface area contributed by atoms with Gasteiger partial charge in [-0.15, -0.1) is 0 Å². The molecule has 1 aliphatic carbocycles. The number of piperidine rings is 1. The van der Waals surface area contributed by atoms with Gasteiger partial charge in [-0.05, 0) is 133 Å². The summed E-state index contributed by atoms with van der Waals surface area (Å²) < 4.78 is 68.7. The van der Waals surface area contributed by atoms with Gasteiger partial charge in [-0.3, -0.25) is 14.4 Å². The summed E-state index contributed by atoms with van der Waals surface area (Å²) in [6.45, 7) is 21.8. The number of rotatable bonds is 28. The number of carbonyl (C=O) groups excluding carboxylic acids is 5. The Hall–Kier alpha value is -4.01. The van der Waals surface area contributed by atoms with Crippen LogP contribution < -0.4 is 5.32 Å². The highest BCUT2D eigenvalue weighted by molar-refractivity contribution is 6.39. The topological polar surface area (TPSA) is 272 Å². The van der Waals surface area contributed by atoms with Crippen molar-refractivity contribution in [2.45, 2.75) is 193 Å². The van der Waals surface area contributed by atoms with Crippen molar-refractivity contribution in [1.82, 2.24) is 10.2 Å². The van der Waals surface area contributed by atoms with E-state index < -0.39 is 95.9 Å². The number of ketones is 2. The Kier molecular flexibility index (Phi) is 37.4. The summed E-state index contributed by atoms with van der Waals surface area (Å²) in [5.74, 6) is -7.20. The molecule has 0 aromatic carbocycles. The van der Waals surface area contributed by atoms with Crippen LogP contribution in [0.25, 0.3) is 0 Å². The molecule has 4 N–H and O–H groups in total. The molecule has 2 bridgehead atoms. The molecule has 22 nitrogen and oxygen atoms in total. The van der Waals surface area contributed by atoms with Gasteiger partial charge in [0, 0.05) is 52.2 Å². The molecule has 0 radical (unpaired) electrons. The number of alkyl carbamates (subject to hydrolysis) is 1. The second kappa shape index (κ2) is 43.0. The van der Waals surface area contributed by atoms with Crippen molar-refractivity contribution in [2.75, 3.05) is 120 Å². The quantitative estimate of drug-likeness (QED) is 0.0261. The van der Waals surface area contributed by atoms with Crippen molar-refractivity contribution in [3.8, 4) is 0 Å². The van der Waals surface area contributed by atoms with E-state index >= 15 is 0 Å². The van der Waals surface area contributed by atoms with Gasteiger partial charge in [0.15, 0.2) is 5.78 Å². The van der Waals surface area contributed by atoms with E-state index in [2.05, 4.69) is 5.32 Å². The number of hydrogen-bond acceptors (Lipinski definition) is 20. The third-order valence-corrected chi connectivity index (χ3v) is 17.5. The van der Waals surface area contributed by atoms with E-state index in [1.807, 2.05) is 71.1 Å². The summed E-state index contributed by atoms with van der Waals surface area (Å²) in [5, 5.41) is 37.3. The third-order valence-electron chi connectivity index (χ3n) is 17.5. The average Bonchev–Trinajstić information content (AvgIpc) is 1.92. The highest BCUT2D eigenvalue weighted by Crippen LogP contribution is 2.38. The first-order valence-electron chi connectivity index (χ1n) is 32.8. The lowest BCUT2D eigenvalue weighted by Gasteiger charge is -2.42. The van der Waals surface area contributed by atoms with Crippen molar-refractivity contribution in [3.63, 3.8) is 0 Å². The predicted molar refractivity (Wildman–Crippen MR) is 334 cm³/mol. The number of carbonyl (C=O) groups is 5. The molecule has 0 spiro atoms. The van der Waals surface area contributed by atoms with Crippen LogP contribution >= 0.6 is 0 Å². The second-order valence-electron chi connectivity index (χ2n) is 24.6. The Morgan fingerprint density at radius 1 is 0.685 bits per heavy atom. The lowest BCUT2D eigenvalue weighted by atomic mass is 9.78. The summed E-state index contributed by atoms with van der Waals surface area (Å²) >= 11 is 0. The maximum absolute atomic E-state index is 14.6. The maximum Gasteiger partial charge on any atom is 0.407 e. The first kappa shape index (κ1) is 77.4. The molecule has 1 saturated carbocycles. The fraction of sp³-hybridized carbons (Fsp3) is 0.806. The second-order valence-corrected chi connectivity index (χ2v) is 24.6. The zero-order chi connectivity index (χ0) is 65.1. The smallest absolute Gasteiger partial charge is 0.407 e. The molecule has 3 heterocycles. The molecule has 89 heavy (non-hydrogen) atoms. The number of aliphatic hydroxyl groups excluding tert-OH is 2. The predicted octanol–water partition coefficient (Wildman–Crippen LogP) is 7.22. The van der Waals surface area contributed by atoms with E-state index in [9.17, 15) is 39.3 Å². The van der Waals surface area contributed by atoms with Crippen LogP contribution in [0.4, 0.5) is 4.79 Å².